The fraction of sp³-hybridized carbons (Fsp3) is 0.167. The fourth-order valence-corrected chi connectivity index (χ4v) is 4.11. The highest BCUT2D eigenvalue weighted by Crippen LogP contribution is 2.37. The van der Waals surface area contributed by atoms with Gasteiger partial charge in [0.05, 0.1) is 17.8 Å². The number of anilines is 2. The number of carbonyl (C=O) groups excluding carboxylic acids is 1. The molecule has 1 N–H and O–H groups in total. The predicted molar refractivity (Wildman–Crippen MR) is 123 cm³/mol. The van der Waals surface area contributed by atoms with Crippen molar-refractivity contribution in [1.82, 2.24) is 15.0 Å². The maximum atomic E-state index is 13.8. The molecule has 0 spiro atoms. The summed E-state index contributed by atoms with van der Waals surface area (Å²) in [5.74, 6) is -1.27. The summed E-state index contributed by atoms with van der Waals surface area (Å²) in [6, 6.07) is 16.0. The van der Waals surface area contributed by atoms with Crippen LogP contribution in [-0.2, 0) is 11.3 Å². The Balaban J connectivity index is 1.58. The lowest BCUT2D eigenvalue weighted by atomic mass is 9.88. The van der Waals surface area contributed by atoms with Gasteiger partial charge in [0.2, 0.25) is 11.9 Å². The first-order chi connectivity index (χ1) is 16.3. The normalized spacial score (nSPS) is 15.9. The first kappa shape index (κ1) is 22.1. The molecule has 0 aliphatic carbocycles. The van der Waals surface area contributed by atoms with Gasteiger partial charge in [-0.2, -0.15) is 13.2 Å². The molecular formula is C24H17ClF3N5O. The van der Waals surface area contributed by atoms with Crippen LogP contribution < -0.4 is 10.2 Å². The highest BCUT2D eigenvalue weighted by Gasteiger charge is 2.37. The first-order valence-electron chi connectivity index (χ1n) is 10.4. The van der Waals surface area contributed by atoms with Crippen molar-refractivity contribution in [2.75, 3.05) is 16.8 Å². The Bertz CT molecular complexity index is 1380. The van der Waals surface area contributed by atoms with E-state index < -0.39 is 18.6 Å². The van der Waals surface area contributed by atoms with Crippen LogP contribution in [0.15, 0.2) is 67.0 Å². The average molecular weight is 484 g/mol. The number of alkyl halides is 3. The number of fused-ring (bicyclic) bond motifs is 2. The summed E-state index contributed by atoms with van der Waals surface area (Å²) < 4.78 is 38.0. The fourth-order valence-electron chi connectivity index (χ4n) is 3.98. The van der Waals surface area contributed by atoms with Crippen molar-refractivity contribution in [3.05, 3.63) is 88.8 Å². The summed E-state index contributed by atoms with van der Waals surface area (Å²) in [5, 5.41) is 3.57. The second kappa shape index (κ2) is 8.57. The minimum Gasteiger partial charge on any atom is -0.345 e. The second-order valence-electron chi connectivity index (χ2n) is 7.86. The van der Waals surface area contributed by atoms with Gasteiger partial charge in [0.15, 0.2) is 0 Å². The van der Waals surface area contributed by atoms with Crippen molar-refractivity contribution >= 4 is 40.0 Å². The van der Waals surface area contributed by atoms with Crippen molar-refractivity contribution in [2.24, 2.45) is 0 Å². The highest BCUT2D eigenvalue weighted by atomic mass is 35.5. The summed E-state index contributed by atoms with van der Waals surface area (Å²) >= 11 is 6.03. The van der Waals surface area contributed by atoms with Gasteiger partial charge in [-0.05, 0) is 42.0 Å². The van der Waals surface area contributed by atoms with Crippen LogP contribution in [0.4, 0.5) is 24.8 Å². The van der Waals surface area contributed by atoms with Crippen LogP contribution >= 0.6 is 11.6 Å². The molecule has 34 heavy (non-hydrogen) atoms. The molecule has 0 saturated carbocycles. The minimum absolute atomic E-state index is 0.184. The monoisotopic (exact) mass is 483 g/mol. The number of carbonyl (C=O) groups is 1. The van der Waals surface area contributed by atoms with Crippen LogP contribution in [0.25, 0.3) is 10.9 Å². The van der Waals surface area contributed by atoms with E-state index in [1.807, 2.05) is 30.3 Å². The molecule has 10 heteroatoms. The SMILES string of the molecule is O=C1C(c2ccc(Cl)cc2)c2nc(NCC(F)(F)F)ncc2CN1c1ccc2ncccc2c1. The molecule has 0 fully saturated rings. The number of halogens is 4. The van der Waals surface area contributed by atoms with Gasteiger partial charge in [0, 0.05) is 34.1 Å². The summed E-state index contributed by atoms with van der Waals surface area (Å²) in [5.41, 5.74) is 3.11. The van der Waals surface area contributed by atoms with Gasteiger partial charge in [-0.3, -0.25) is 9.78 Å². The maximum Gasteiger partial charge on any atom is 0.405 e. The number of nitrogens with one attached hydrogen (secondary N) is 1. The second-order valence-corrected chi connectivity index (χ2v) is 8.30. The number of pyridine rings is 1. The maximum absolute atomic E-state index is 13.8. The largest absolute Gasteiger partial charge is 0.405 e. The molecule has 1 unspecified atom stereocenters. The minimum atomic E-state index is -4.42. The van der Waals surface area contributed by atoms with Crippen molar-refractivity contribution < 1.29 is 18.0 Å². The van der Waals surface area contributed by atoms with E-state index in [1.165, 1.54) is 6.20 Å². The van der Waals surface area contributed by atoms with E-state index in [0.29, 0.717) is 27.5 Å². The molecule has 0 saturated heterocycles. The Hall–Kier alpha value is -3.72. The number of nitrogens with zero attached hydrogens (tertiary/aromatic N) is 4. The molecule has 5 rings (SSSR count). The van der Waals surface area contributed by atoms with E-state index in [0.717, 1.165) is 10.9 Å². The molecular weight excluding hydrogens is 467 g/mol. The van der Waals surface area contributed by atoms with Crippen LogP contribution in [0, 0.1) is 0 Å². The zero-order valence-electron chi connectivity index (χ0n) is 17.6. The van der Waals surface area contributed by atoms with E-state index >= 15 is 0 Å². The molecule has 6 nitrogen and oxygen atoms in total. The Labute approximate surface area is 197 Å². The Morgan fingerprint density at radius 1 is 1.09 bits per heavy atom. The lowest BCUT2D eigenvalue weighted by Gasteiger charge is -2.34. The van der Waals surface area contributed by atoms with Crippen molar-refractivity contribution in [3.8, 4) is 0 Å². The topological polar surface area (TPSA) is 71.0 Å². The van der Waals surface area contributed by atoms with Gasteiger partial charge in [0.1, 0.15) is 12.5 Å². The van der Waals surface area contributed by atoms with Gasteiger partial charge in [0.25, 0.3) is 0 Å². The average Bonchev–Trinajstić information content (AvgIpc) is 2.82. The van der Waals surface area contributed by atoms with Gasteiger partial charge in [-0.15, -0.1) is 0 Å². The third-order valence-corrected chi connectivity index (χ3v) is 5.81. The lowest BCUT2D eigenvalue weighted by Crippen LogP contribution is -2.40. The van der Waals surface area contributed by atoms with E-state index in [4.69, 9.17) is 11.6 Å². The van der Waals surface area contributed by atoms with Crippen molar-refractivity contribution in [3.63, 3.8) is 0 Å². The molecule has 1 atom stereocenters. The van der Waals surface area contributed by atoms with Crippen LogP contribution in [0.1, 0.15) is 22.7 Å². The van der Waals surface area contributed by atoms with Crippen LogP contribution in [-0.4, -0.2) is 33.6 Å². The van der Waals surface area contributed by atoms with E-state index in [2.05, 4.69) is 20.3 Å². The molecule has 0 bridgehead atoms. The lowest BCUT2D eigenvalue weighted by molar-refractivity contribution is -0.120. The summed E-state index contributed by atoms with van der Waals surface area (Å²) in [6.45, 7) is -1.09. The Morgan fingerprint density at radius 2 is 1.88 bits per heavy atom. The van der Waals surface area contributed by atoms with Crippen molar-refractivity contribution in [2.45, 2.75) is 18.6 Å². The third kappa shape index (κ3) is 4.38. The van der Waals surface area contributed by atoms with Gasteiger partial charge in [-0.25, -0.2) is 9.97 Å². The van der Waals surface area contributed by atoms with Gasteiger partial charge < -0.3 is 10.2 Å². The number of hydrogen-bond donors (Lipinski definition) is 1. The zero-order chi connectivity index (χ0) is 23.9. The summed E-state index contributed by atoms with van der Waals surface area (Å²) in [4.78, 5) is 28.1. The first-order valence-corrected chi connectivity index (χ1v) is 10.7. The molecule has 1 aliphatic heterocycles. The number of benzene rings is 2. The molecule has 1 aliphatic rings. The van der Waals surface area contributed by atoms with Crippen LogP contribution in [0.3, 0.4) is 0 Å². The standard InChI is InChI=1S/C24H17ClF3N5O/c25-17-5-3-14(4-6-17)20-21-16(11-30-23(32-21)31-13-24(26,27)28)12-33(22(20)34)18-7-8-19-15(10-18)2-1-9-29-19/h1-11,20H,12-13H2,(H,30,31,32). The summed E-state index contributed by atoms with van der Waals surface area (Å²) in [6.07, 6.45) is -1.26. The highest BCUT2D eigenvalue weighted by molar-refractivity contribution is 6.30. The Kier molecular flexibility index (Phi) is 5.57. The molecule has 1 amide bonds. The molecule has 172 valence electrons. The molecule has 2 aromatic heterocycles. The predicted octanol–water partition coefficient (Wildman–Crippen LogP) is 5.33. The number of rotatable bonds is 4. The van der Waals surface area contributed by atoms with Crippen LogP contribution in [0.2, 0.25) is 5.02 Å². The molecule has 3 heterocycles. The molecule has 2 aromatic carbocycles. The van der Waals surface area contributed by atoms with Crippen LogP contribution in [0.5, 0.6) is 0 Å². The number of amides is 1. The number of aromatic nitrogens is 3. The zero-order valence-corrected chi connectivity index (χ0v) is 18.3. The molecule has 0 radical (unpaired) electrons. The smallest absolute Gasteiger partial charge is 0.345 e. The third-order valence-electron chi connectivity index (χ3n) is 5.56. The van der Waals surface area contributed by atoms with Gasteiger partial charge in [-0.1, -0.05) is 29.8 Å². The van der Waals surface area contributed by atoms with E-state index in [-0.39, 0.29) is 18.4 Å². The quantitative estimate of drug-likeness (QED) is 0.425. The van der Waals surface area contributed by atoms with E-state index in [1.54, 1.807) is 35.4 Å². The van der Waals surface area contributed by atoms with Gasteiger partial charge >= 0.3 is 6.18 Å². The Morgan fingerprint density at radius 3 is 2.65 bits per heavy atom. The summed E-state index contributed by atoms with van der Waals surface area (Å²) in [7, 11) is 0. The van der Waals surface area contributed by atoms with E-state index in [9.17, 15) is 18.0 Å². The molecule has 4 aromatic rings. The number of hydrogen-bond acceptors (Lipinski definition) is 5. The van der Waals surface area contributed by atoms with Crippen molar-refractivity contribution in [1.29, 1.82) is 0 Å².